The summed E-state index contributed by atoms with van der Waals surface area (Å²) in [4.78, 5) is 24.3. The molecule has 0 aliphatic carbocycles. The number of carbonyl (C=O) groups excluding carboxylic acids is 2. The summed E-state index contributed by atoms with van der Waals surface area (Å²) in [5.74, 6) is 0.484. The van der Waals surface area contributed by atoms with E-state index in [0.29, 0.717) is 29.5 Å². The van der Waals surface area contributed by atoms with Gasteiger partial charge in [-0.25, -0.2) is 4.79 Å². The lowest BCUT2D eigenvalue weighted by molar-refractivity contribution is -0.119. The molecule has 0 aliphatic heterocycles. The molecule has 7 nitrogen and oxygen atoms in total. The zero-order valence-corrected chi connectivity index (χ0v) is 17.3. The molecule has 3 aromatic rings. The van der Waals surface area contributed by atoms with Crippen LogP contribution in [0, 0.1) is 0 Å². The van der Waals surface area contributed by atoms with Gasteiger partial charge in [0.2, 0.25) is 0 Å². The van der Waals surface area contributed by atoms with Crippen LogP contribution in [0.15, 0.2) is 72.8 Å². The van der Waals surface area contributed by atoms with E-state index >= 15 is 0 Å². The van der Waals surface area contributed by atoms with Crippen LogP contribution in [0.3, 0.4) is 0 Å². The number of esters is 1. The fourth-order valence-corrected chi connectivity index (χ4v) is 2.75. The molecule has 1 amide bonds. The molecule has 3 rings (SSSR count). The number of amides is 1. The molecule has 1 N–H and O–H groups in total. The summed E-state index contributed by atoms with van der Waals surface area (Å²) in [6.07, 6.45) is 0. The van der Waals surface area contributed by atoms with Crippen molar-refractivity contribution in [2.45, 2.75) is 6.61 Å². The van der Waals surface area contributed by atoms with Crippen LogP contribution in [0.1, 0.15) is 15.9 Å². The molecule has 31 heavy (non-hydrogen) atoms. The molecule has 0 atom stereocenters. The number of rotatable bonds is 9. The number of anilines is 1. The van der Waals surface area contributed by atoms with Crippen molar-refractivity contribution in [1.29, 1.82) is 0 Å². The monoisotopic (exact) mass is 421 g/mol. The lowest BCUT2D eigenvalue weighted by Crippen LogP contribution is -2.20. The molecule has 0 spiro atoms. The van der Waals surface area contributed by atoms with Crippen molar-refractivity contribution in [2.75, 3.05) is 26.1 Å². The summed E-state index contributed by atoms with van der Waals surface area (Å²) in [7, 11) is 2.97. The lowest BCUT2D eigenvalue weighted by atomic mass is 10.2. The van der Waals surface area contributed by atoms with Crippen LogP contribution in [0.5, 0.6) is 17.2 Å². The van der Waals surface area contributed by atoms with Gasteiger partial charge in [-0.05, 0) is 48.0 Å². The van der Waals surface area contributed by atoms with Gasteiger partial charge < -0.3 is 24.3 Å². The summed E-state index contributed by atoms with van der Waals surface area (Å²) < 4.78 is 21.1. The number of benzene rings is 3. The Morgan fingerprint density at radius 2 is 1.55 bits per heavy atom. The minimum absolute atomic E-state index is 0.255. The third-order valence-electron chi connectivity index (χ3n) is 4.34. The zero-order chi connectivity index (χ0) is 22.1. The van der Waals surface area contributed by atoms with E-state index in [4.69, 9.17) is 18.9 Å². The summed E-state index contributed by atoms with van der Waals surface area (Å²) in [5, 5.41) is 2.67. The van der Waals surface area contributed by atoms with Crippen molar-refractivity contribution in [3.05, 3.63) is 83.9 Å². The van der Waals surface area contributed by atoms with Crippen LogP contribution in [0.25, 0.3) is 0 Å². The molecule has 0 aliphatic rings. The highest BCUT2D eigenvalue weighted by Crippen LogP contribution is 2.27. The van der Waals surface area contributed by atoms with Crippen LogP contribution >= 0.6 is 0 Å². The van der Waals surface area contributed by atoms with E-state index in [1.54, 1.807) is 30.3 Å². The number of carbonyl (C=O) groups is 2. The number of hydrogen-bond donors (Lipinski definition) is 1. The maximum atomic E-state index is 12.2. The van der Waals surface area contributed by atoms with Gasteiger partial charge in [0, 0.05) is 5.69 Å². The van der Waals surface area contributed by atoms with Gasteiger partial charge >= 0.3 is 5.97 Å². The fourth-order valence-electron chi connectivity index (χ4n) is 2.75. The third-order valence-corrected chi connectivity index (χ3v) is 4.34. The Hall–Kier alpha value is -4.00. The quantitative estimate of drug-likeness (QED) is 0.524. The molecule has 0 fully saturated rings. The molecule has 3 aromatic carbocycles. The van der Waals surface area contributed by atoms with Crippen molar-refractivity contribution < 1.29 is 28.5 Å². The van der Waals surface area contributed by atoms with Gasteiger partial charge in [-0.15, -0.1) is 0 Å². The van der Waals surface area contributed by atoms with Gasteiger partial charge in [0.05, 0.1) is 19.8 Å². The average molecular weight is 421 g/mol. The van der Waals surface area contributed by atoms with Crippen molar-refractivity contribution in [1.82, 2.24) is 0 Å². The van der Waals surface area contributed by atoms with E-state index in [-0.39, 0.29) is 5.56 Å². The van der Waals surface area contributed by atoms with Crippen LogP contribution in [-0.2, 0) is 16.1 Å². The van der Waals surface area contributed by atoms with Gasteiger partial charge in [0.1, 0.15) is 12.4 Å². The molecule has 0 unspecified atom stereocenters. The molecule has 160 valence electrons. The number of ether oxygens (including phenoxy) is 4. The summed E-state index contributed by atoms with van der Waals surface area (Å²) in [5.41, 5.74) is 1.89. The lowest BCUT2D eigenvalue weighted by Gasteiger charge is -2.10. The molecular formula is C24H23NO6. The standard InChI is InChI=1S/C24H23NO6/c1-28-21-13-8-18(14-22(21)29-2)24(27)31-16-23(26)25-19-9-11-20(12-10-19)30-15-17-6-4-3-5-7-17/h3-14H,15-16H2,1-2H3,(H,25,26). The molecule has 7 heteroatoms. The Kier molecular flexibility index (Phi) is 7.48. The Labute approximate surface area is 180 Å². The molecular weight excluding hydrogens is 398 g/mol. The van der Waals surface area contributed by atoms with E-state index in [9.17, 15) is 9.59 Å². The molecule has 0 aromatic heterocycles. The summed E-state index contributed by atoms with van der Waals surface area (Å²) in [6.45, 7) is 0.0398. The minimum atomic E-state index is -0.638. The van der Waals surface area contributed by atoms with Gasteiger partial charge in [0.15, 0.2) is 18.1 Å². The van der Waals surface area contributed by atoms with Crippen LogP contribution < -0.4 is 19.5 Å². The largest absolute Gasteiger partial charge is 0.493 e. The third kappa shape index (κ3) is 6.24. The second kappa shape index (κ2) is 10.7. The maximum Gasteiger partial charge on any atom is 0.338 e. The smallest absolute Gasteiger partial charge is 0.338 e. The number of hydrogen-bond acceptors (Lipinski definition) is 6. The molecule has 0 radical (unpaired) electrons. The predicted octanol–water partition coefficient (Wildman–Crippen LogP) is 4.08. The van der Waals surface area contributed by atoms with E-state index in [1.165, 1.54) is 26.4 Å². The fraction of sp³-hybridized carbons (Fsp3) is 0.167. The van der Waals surface area contributed by atoms with Crippen LogP contribution in [-0.4, -0.2) is 32.7 Å². The SMILES string of the molecule is COc1ccc(C(=O)OCC(=O)Nc2ccc(OCc3ccccc3)cc2)cc1OC. The Morgan fingerprint density at radius 3 is 2.23 bits per heavy atom. The Balaban J connectivity index is 1.47. The minimum Gasteiger partial charge on any atom is -0.493 e. The Morgan fingerprint density at radius 1 is 0.839 bits per heavy atom. The average Bonchev–Trinajstić information content (AvgIpc) is 2.82. The van der Waals surface area contributed by atoms with Gasteiger partial charge in [-0.3, -0.25) is 4.79 Å². The van der Waals surface area contributed by atoms with E-state index in [2.05, 4.69) is 5.32 Å². The molecule has 0 saturated carbocycles. The van der Waals surface area contributed by atoms with Crippen molar-refractivity contribution in [3.8, 4) is 17.2 Å². The maximum absolute atomic E-state index is 12.2. The molecule has 0 bridgehead atoms. The number of methoxy groups -OCH3 is 2. The van der Waals surface area contributed by atoms with E-state index in [0.717, 1.165) is 5.56 Å². The first-order valence-electron chi connectivity index (χ1n) is 9.55. The predicted molar refractivity (Wildman–Crippen MR) is 116 cm³/mol. The second-order valence-electron chi connectivity index (χ2n) is 6.49. The summed E-state index contributed by atoms with van der Waals surface area (Å²) >= 11 is 0. The van der Waals surface area contributed by atoms with Crippen LogP contribution in [0.4, 0.5) is 5.69 Å². The molecule has 0 saturated heterocycles. The first kappa shape index (κ1) is 21.7. The normalized spacial score (nSPS) is 10.1. The van der Waals surface area contributed by atoms with Crippen LogP contribution in [0.2, 0.25) is 0 Å². The first-order chi connectivity index (χ1) is 15.1. The van der Waals surface area contributed by atoms with Gasteiger partial charge in [-0.1, -0.05) is 30.3 Å². The summed E-state index contributed by atoms with van der Waals surface area (Å²) in [6, 6.07) is 21.4. The number of nitrogens with one attached hydrogen (secondary N) is 1. The van der Waals surface area contributed by atoms with E-state index < -0.39 is 18.5 Å². The molecule has 0 heterocycles. The van der Waals surface area contributed by atoms with Crippen molar-refractivity contribution in [2.24, 2.45) is 0 Å². The highest BCUT2D eigenvalue weighted by atomic mass is 16.5. The topological polar surface area (TPSA) is 83.1 Å². The highest BCUT2D eigenvalue weighted by molar-refractivity contribution is 5.95. The van der Waals surface area contributed by atoms with Crippen molar-refractivity contribution in [3.63, 3.8) is 0 Å². The zero-order valence-electron chi connectivity index (χ0n) is 17.3. The van der Waals surface area contributed by atoms with Gasteiger partial charge in [-0.2, -0.15) is 0 Å². The van der Waals surface area contributed by atoms with Crippen molar-refractivity contribution >= 4 is 17.6 Å². The Bertz CT molecular complexity index is 1020. The van der Waals surface area contributed by atoms with Gasteiger partial charge in [0.25, 0.3) is 5.91 Å². The highest BCUT2D eigenvalue weighted by Gasteiger charge is 2.14. The first-order valence-corrected chi connectivity index (χ1v) is 9.55. The van der Waals surface area contributed by atoms with E-state index in [1.807, 2.05) is 30.3 Å². The second-order valence-corrected chi connectivity index (χ2v) is 6.49.